The summed E-state index contributed by atoms with van der Waals surface area (Å²) in [6, 6.07) is 83.7. The fourth-order valence-corrected chi connectivity index (χ4v) is 8.64. The van der Waals surface area contributed by atoms with Crippen molar-refractivity contribution in [2.45, 2.75) is 5.41 Å². The molecule has 260 valence electrons. The monoisotopic (exact) mass is 702 g/mol. The molecule has 0 aliphatic heterocycles. The van der Waals surface area contributed by atoms with E-state index in [1.807, 2.05) is 0 Å². The quantitative estimate of drug-likeness (QED) is 0.143. The van der Waals surface area contributed by atoms with Gasteiger partial charge in [-0.25, -0.2) is 0 Å². The first-order valence-corrected chi connectivity index (χ1v) is 18.9. The molecule has 9 aromatic carbocycles. The molecule has 1 heterocycles. The minimum atomic E-state index is -0.520. The van der Waals surface area contributed by atoms with Gasteiger partial charge in [-0.05, 0) is 93.7 Å². The molecule has 0 N–H and O–H groups in total. The van der Waals surface area contributed by atoms with Crippen LogP contribution in [0.15, 0.2) is 231 Å². The Balaban J connectivity index is 1.19. The van der Waals surface area contributed by atoms with Crippen molar-refractivity contribution in [1.29, 1.82) is 0 Å². The van der Waals surface area contributed by atoms with Crippen LogP contribution in [0.3, 0.4) is 0 Å². The minimum Gasteiger partial charge on any atom is -0.310 e. The van der Waals surface area contributed by atoms with E-state index >= 15 is 0 Å². The van der Waals surface area contributed by atoms with Gasteiger partial charge in [-0.3, -0.25) is 0 Å². The first-order valence-electron chi connectivity index (χ1n) is 18.9. The number of anilines is 3. The zero-order chi connectivity index (χ0) is 36.6. The molecule has 0 atom stereocenters. The molecule has 0 amide bonds. The van der Waals surface area contributed by atoms with Crippen LogP contribution in [-0.4, -0.2) is 4.57 Å². The van der Waals surface area contributed by atoms with Gasteiger partial charge in [0.15, 0.2) is 0 Å². The van der Waals surface area contributed by atoms with E-state index in [9.17, 15) is 0 Å². The molecule has 0 fully saturated rings. The molecule has 0 spiro atoms. The normalized spacial score (nSPS) is 11.6. The smallest absolute Gasteiger partial charge is 0.0701 e. The molecule has 0 aliphatic rings. The third-order valence-corrected chi connectivity index (χ3v) is 11.1. The molecule has 0 saturated carbocycles. The topological polar surface area (TPSA) is 8.17 Å². The maximum atomic E-state index is 2.40. The maximum Gasteiger partial charge on any atom is 0.0701 e. The minimum absolute atomic E-state index is 0.520. The highest BCUT2D eigenvalue weighted by molar-refractivity contribution is 6.10. The zero-order valence-corrected chi connectivity index (χ0v) is 30.3. The maximum absolute atomic E-state index is 2.40. The van der Waals surface area contributed by atoms with Gasteiger partial charge < -0.3 is 9.47 Å². The molecule has 10 aromatic rings. The third kappa shape index (κ3) is 5.50. The largest absolute Gasteiger partial charge is 0.310 e. The Morgan fingerprint density at radius 2 is 0.764 bits per heavy atom. The van der Waals surface area contributed by atoms with Crippen LogP contribution in [0.2, 0.25) is 0 Å². The first kappa shape index (κ1) is 32.5. The average Bonchev–Trinajstić information content (AvgIpc) is 3.60. The molecule has 0 bridgehead atoms. The summed E-state index contributed by atoms with van der Waals surface area (Å²) in [7, 11) is 0. The van der Waals surface area contributed by atoms with Crippen LogP contribution in [-0.2, 0) is 5.41 Å². The van der Waals surface area contributed by atoms with E-state index in [0.717, 1.165) is 22.7 Å². The SMILES string of the molecule is c1ccc(-n2c3ccccc3c3cc(N(c4ccc(C(c5ccccc5)(c5ccccc5)c5ccccc5)cc4)c4ccc5ccccc5c4)ccc32)cc1. The first-order chi connectivity index (χ1) is 27.3. The molecule has 0 saturated heterocycles. The second kappa shape index (κ2) is 13.7. The van der Waals surface area contributed by atoms with Crippen molar-refractivity contribution in [3.63, 3.8) is 0 Å². The molecule has 55 heavy (non-hydrogen) atoms. The van der Waals surface area contributed by atoms with Crippen LogP contribution >= 0.6 is 0 Å². The number of para-hydroxylation sites is 2. The van der Waals surface area contributed by atoms with Crippen molar-refractivity contribution in [3.05, 3.63) is 253 Å². The number of aromatic nitrogens is 1. The fourth-order valence-electron chi connectivity index (χ4n) is 8.64. The number of nitrogens with zero attached hydrogens (tertiary/aromatic N) is 2. The van der Waals surface area contributed by atoms with Crippen molar-refractivity contribution >= 4 is 49.6 Å². The number of hydrogen-bond donors (Lipinski definition) is 0. The molecule has 0 aliphatic carbocycles. The Bertz CT molecular complexity index is 2800. The van der Waals surface area contributed by atoms with Crippen molar-refractivity contribution in [3.8, 4) is 5.69 Å². The number of benzene rings is 9. The van der Waals surface area contributed by atoms with Gasteiger partial charge in [0.1, 0.15) is 0 Å². The molecule has 10 rings (SSSR count). The second-order valence-electron chi connectivity index (χ2n) is 14.2. The molecule has 0 radical (unpaired) electrons. The van der Waals surface area contributed by atoms with Crippen LogP contribution in [0.5, 0.6) is 0 Å². The number of hydrogen-bond acceptors (Lipinski definition) is 1. The molecular formula is C53H38N2. The van der Waals surface area contributed by atoms with Crippen LogP contribution in [0.4, 0.5) is 17.1 Å². The van der Waals surface area contributed by atoms with E-state index in [-0.39, 0.29) is 0 Å². The molecule has 0 unspecified atom stereocenters. The fraction of sp³-hybridized carbons (Fsp3) is 0.0189. The van der Waals surface area contributed by atoms with Crippen LogP contribution in [0.25, 0.3) is 38.3 Å². The van der Waals surface area contributed by atoms with Crippen molar-refractivity contribution in [1.82, 2.24) is 4.57 Å². The summed E-state index contributed by atoms with van der Waals surface area (Å²) in [6.07, 6.45) is 0. The summed E-state index contributed by atoms with van der Waals surface area (Å²) in [5.41, 5.74) is 11.2. The molecular weight excluding hydrogens is 665 g/mol. The van der Waals surface area contributed by atoms with E-state index in [1.165, 1.54) is 54.8 Å². The Morgan fingerprint density at radius 3 is 1.40 bits per heavy atom. The molecule has 2 heteroatoms. The Hall–Kier alpha value is -7.16. The Morgan fingerprint density at radius 1 is 0.309 bits per heavy atom. The van der Waals surface area contributed by atoms with Gasteiger partial charge in [0, 0.05) is 33.5 Å². The van der Waals surface area contributed by atoms with Crippen molar-refractivity contribution in [2.24, 2.45) is 0 Å². The lowest BCUT2D eigenvalue weighted by molar-refractivity contribution is 0.745. The van der Waals surface area contributed by atoms with Crippen molar-refractivity contribution < 1.29 is 0 Å². The Labute approximate surface area is 321 Å². The van der Waals surface area contributed by atoms with Crippen LogP contribution in [0, 0.1) is 0 Å². The summed E-state index contributed by atoms with van der Waals surface area (Å²) in [4.78, 5) is 2.40. The lowest BCUT2D eigenvalue weighted by Gasteiger charge is -2.37. The summed E-state index contributed by atoms with van der Waals surface area (Å²) >= 11 is 0. The highest BCUT2D eigenvalue weighted by atomic mass is 15.1. The second-order valence-corrected chi connectivity index (χ2v) is 14.2. The van der Waals surface area contributed by atoms with E-state index < -0.39 is 5.41 Å². The number of rotatable bonds is 8. The average molecular weight is 703 g/mol. The zero-order valence-electron chi connectivity index (χ0n) is 30.3. The van der Waals surface area contributed by atoms with Gasteiger partial charge in [0.2, 0.25) is 0 Å². The van der Waals surface area contributed by atoms with E-state index in [2.05, 4.69) is 240 Å². The van der Waals surface area contributed by atoms with Gasteiger partial charge in [-0.1, -0.05) is 170 Å². The van der Waals surface area contributed by atoms with E-state index in [0.29, 0.717) is 0 Å². The van der Waals surface area contributed by atoms with Crippen LogP contribution < -0.4 is 4.90 Å². The summed E-state index contributed by atoms with van der Waals surface area (Å²) < 4.78 is 2.37. The van der Waals surface area contributed by atoms with Gasteiger partial charge >= 0.3 is 0 Å². The van der Waals surface area contributed by atoms with Crippen LogP contribution in [0.1, 0.15) is 22.3 Å². The van der Waals surface area contributed by atoms with Gasteiger partial charge in [-0.15, -0.1) is 0 Å². The molecule has 2 nitrogen and oxygen atoms in total. The molecule has 1 aromatic heterocycles. The highest BCUT2D eigenvalue weighted by Gasteiger charge is 2.38. The van der Waals surface area contributed by atoms with Crippen molar-refractivity contribution in [2.75, 3.05) is 4.90 Å². The predicted octanol–water partition coefficient (Wildman–Crippen LogP) is 13.8. The van der Waals surface area contributed by atoms with E-state index in [4.69, 9.17) is 0 Å². The lowest BCUT2D eigenvalue weighted by atomic mass is 9.65. The summed E-state index contributed by atoms with van der Waals surface area (Å²) in [5.74, 6) is 0. The van der Waals surface area contributed by atoms with Gasteiger partial charge in [0.05, 0.1) is 16.4 Å². The highest BCUT2D eigenvalue weighted by Crippen LogP contribution is 2.47. The van der Waals surface area contributed by atoms with Gasteiger partial charge in [0.25, 0.3) is 0 Å². The number of fused-ring (bicyclic) bond motifs is 4. The predicted molar refractivity (Wildman–Crippen MR) is 231 cm³/mol. The van der Waals surface area contributed by atoms with Gasteiger partial charge in [-0.2, -0.15) is 0 Å². The Kier molecular flexibility index (Phi) is 8.08. The standard InChI is InChI=1S/C53H38N2/c1-5-19-41(20-6-1)53(42-21-7-2-8-22-42,43-23-9-3-10-24-43)44-30-33-46(34-31-44)54(47-32-29-39-17-13-14-18-40(39)37-47)48-35-36-52-50(38-48)49-27-15-16-28-51(49)55(52)45-25-11-4-12-26-45/h1-38H. The summed E-state index contributed by atoms with van der Waals surface area (Å²) in [6.45, 7) is 0. The third-order valence-electron chi connectivity index (χ3n) is 11.1. The summed E-state index contributed by atoms with van der Waals surface area (Å²) in [5, 5.41) is 4.88. The lowest BCUT2D eigenvalue weighted by Crippen LogP contribution is -2.31. The van der Waals surface area contributed by atoms with E-state index in [1.54, 1.807) is 0 Å².